The van der Waals surface area contributed by atoms with Gasteiger partial charge in [0.25, 0.3) is 0 Å². The third-order valence-corrected chi connectivity index (χ3v) is 3.03. The summed E-state index contributed by atoms with van der Waals surface area (Å²) in [6.07, 6.45) is 0. The van der Waals surface area contributed by atoms with Crippen LogP contribution in [0.3, 0.4) is 0 Å². The van der Waals surface area contributed by atoms with Crippen molar-refractivity contribution >= 4 is 11.6 Å². The zero-order chi connectivity index (χ0) is 11.0. The lowest BCUT2D eigenvalue weighted by molar-refractivity contribution is 0.833. The molecule has 0 aliphatic heterocycles. The van der Waals surface area contributed by atoms with E-state index in [1.54, 1.807) is 0 Å². The molecule has 78 valence electrons. The molecule has 0 aliphatic rings. The van der Waals surface area contributed by atoms with E-state index in [0.717, 1.165) is 22.1 Å². The highest BCUT2D eigenvalue weighted by atomic mass is 35.5. The maximum absolute atomic E-state index is 6.10. The second-order valence-corrected chi connectivity index (χ2v) is 4.11. The lowest BCUT2D eigenvalue weighted by Crippen LogP contribution is -1.98. The number of benzene rings is 1. The summed E-state index contributed by atoms with van der Waals surface area (Å²) >= 11 is 6.10. The van der Waals surface area contributed by atoms with Crippen LogP contribution in [0.1, 0.15) is 17.0 Å². The first-order valence-corrected chi connectivity index (χ1v) is 5.26. The molecule has 0 unspecified atom stereocenters. The molecular formula is C12H13ClN2. The molecule has 0 fully saturated rings. The average molecular weight is 221 g/mol. The fourth-order valence-corrected chi connectivity index (χ4v) is 1.68. The molecule has 0 saturated carbocycles. The second-order valence-electron chi connectivity index (χ2n) is 3.73. The highest BCUT2D eigenvalue weighted by molar-refractivity contribution is 6.31. The van der Waals surface area contributed by atoms with Gasteiger partial charge < -0.3 is 0 Å². The van der Waals surface area contributed by atoms with Crippen molar-refractivity contribution in [3.8, 4) is 5.69 Å². The van der Waals surface area contributed by atoms with Crippen LogP contribution in [-0.2, 0) is 0 Å². The van der Waals surface area contributed by atoms with Crippen LogP contribution in [0.4, 0.5) is 0 Å². The van der Waals surface area contributed by atoms with Crippen molar-refractivity contribution in [1.29, 1.82) is 0 Å². The highest BCUT2D eigenvalue weighted by Gasteiger charge is 2.09. The molecule has 0 bridgehead atoms. The van der Waals surface area contributed by atoms with Crippen LogP contribution in [-0.4, -0.2) is 9.78 Å². The van der Waals surface area contributed by atoms with Gasteiger partial charge in [-0.2, -0.15) is 5.10 Å². The number of aromatic nitrogens is 2. The Morgan fingerprint density at radius 3 is 2.13 bits per heavy atom. The summed E-state index contributed by atoms with van der Waals surface area (Å²) in [5.74, 6) is 0. The first-order chi connectivity index (χ1) is 7.09. The predicted octanol–water partition coefficient (Wildman–Crippen LogP) is 3.45. The number of hydrogen-bond acceptors (Lipinski definition) is 1. The van der Waals surface area contributed by atoms with Crippen molar-refractivity contribution in [2.75, 3.05) is 0 Å². The first kappa shape index (κ1) is 10.2. The van der Waals surface area contributed by atoms with E-state index in [1.165, 1.54) is 5.56 Å². The lowest BCUT2D eigenvalue weighted by atomic mass is 10.2. The molecule has 2 rings (SSSR count). The Labute approximate surface area is 94.5 Å². The molecule has 15 heavy (non-hydrogen) atoms. The van der Waals surface area contributed by atoms with Crippen LogP contribution in [0.15, 0.2) is 24.3 Å². The van der Waals surface area contributed by atoms with Gasteiger partial charge in [-0.25, -0.2) is 4.68 Å². The molecule has 0 N–H and O–H groups in total. The minimum Gasteiger partial charge on any atom is -0.236 e. The zero-order valence-electron chi connectivity index (χ0n) is 9.08. The standard InChI is InChI=1S/C12H13ClN2/c1-8-4-6-11(7-5-8)15-10(3)12(13)9(2)14-15/h4-7H,1-3H3. The number of nitrogens with zero attached hydrogens (tertiary/aromatic N) is 2. The summed E-state index contributed by atoms with van der Waals surface area (Å²) in [5, 5.41) is 5.14. The van der Waals surface area contributed by atoms with Crippen LogP contribution in [0.2, 0.25) is 5.02 Å². The van der Waals surface area contributed by atoms with Gasteiger partial charge in [0, 0.05) is 0 Å². The minimum absolute atomic E-state index is 0.746. The fourth-order valence-electron chi connectivity index (χ4n) is 1.56. The van der Waals surface area contributed by atoms with Crippen LogP contribution in [0, 0.1) is 20.8 Å². The fraction of sp³-hybridized carbons (Fsp3) is 0.250. The van der Waals surface area contributed by atoms with Gasteiger partial charge in [0.2, 0.25) is 0 Å². The van der Waals surface area contributed by atoms with E-state index in [9.17, 15) is 0 Å². The smallest absolute Gasteiger partial charge is 0.0848 e. The van der Waals surface area contributed by atoms with Gasteiger partial charge in [-0.05, 0) is 32.9 Å². The number of hydrogen-bond donors (Lipinski definition) is 0. The van der Waals surface area contributed by atoms with Crippen LogP contribution >= 0.6 is 11.6 Å². The van der Waals surface area contributed by atoms with E-state index in [-0.39, 0.29) is 0 Å². The van der Waals surface area contributed by atoms with Gasteiger partial charge in [0.1, 0.15) is 0 Å². The van der Waals surface area contributed by atoms with E-state index in [4.69, 9.17) is 11.6 Å². The molecule has 1 aromatic carbocycles. The molecule has 0 saturated heterocycles. The van der Waals surface area contributed by atoms with Crippen molar-refractivity contribution in [1.82, 2.24) is 9.78 Å². The molecule has 3 heteroatoms. The molecule has 0 amide bonds. The van der Waals surface area contributed by atoms with Crippen LogP contribution in [0.25, 0.3) is 5.69 Å². The number of rotatable bonds is 1. The predicted molar refractivity (Wildman–Crippen MR) is 62.8 cm³/mol. The molecular weight excluding hydrogens is 208 g/mol. The normalized spacial score (nSPS) is 10.7. The summed E-state index contributed by atoms with van der Waals surface area (Å²) in [4.78, 5) is 0. The Kier molecular flexibility index (Phi) is 2.53. The summed E-state index contributed by atoms with van der Waals surface area (Å²) in [6, 6.07) is 8.23. The van der Waals surface area contributed by atoms with Gasteiger partial charge in [0.15, 0.2) is 0 Å². The van der Waals surface area contributed by atoms with E-state index < -0.39 is 0 Å². The molecule has 0 spiro atoms. The summed E-state index contributed by atoms with van der Waals surface area (Å²) < 4.78 is 1.87. The van der Waals surface area contributed by atoms with Crippen LogP contribution < -0.4 is 0 Å². The largest absolute Gasteiger partial charge is 0.236 e. The Balaban J connectivity index is 2.54. The van der Waals surface area contributed by atoms with Gasteiger partial charge in [-0.1, -0.05) is 29.3 Å². The zero-order valence-corrected chi connectivity index (χ0v) is 9.84. The summed E-state index contributed by atoms with van der Waals surface area (Å²) in [7, 11) is 0. The Morgan fingerprint density at radius 1 is 1.07 bits per heavy atom. The average Bonchev–Trinajstić information content (AvgIpc) is 2.47. The van der Waals surface area contributed by atoms with Gasteiger partial charge in [-0.3, -0.25) is 0 Å². The van der Waals surface area contributed by atoms with E-state index in [0.29, 0.717) is 0 Å². The Morgan fingerprint density at radius 2 is 1.67 bits per heavy atom. The van der Waals surface area contributed by atoms with E-state index in [2.05, 4.69) is 24.2 Å². The SMILES string of the molecule is Cc1ccc(-n2nc(C)c(Cl)c2C)cc1. The maximum atomic E-state index is 6.10. The second kappa shape index (κ2) is 3.70. The maximum Gasteiger partial charge on any atom is 0.0848 e. The molecule has 2 nitrogen and oxygen atoms in total. The molecule has 0 atom stereocenters. The summed E-state index contributed by atoms with van der Waals surface area (Å²) in [5.41, 5.74) is 4.15. The Hall–Kier alpha value is -1.28. The van der Waals surface area contributed by atoms with E-state index >= 15 is 0 Å². The highest BCUT2D eigenvalue weighted by Crippen LogP contribution is 2.22. The topological polar surface area (TPSA) is 17.8 Å². The van der Waals surface area contributed by atoms with Crippen molar-refractivity contribution in [3.63, 3.8) is 0 Å². The van der Waals surface area contributed by atoms with Crippen molar-refractivity contribution in [2.24, 2.45) is 0 Å². The minimum atomic E-state index is 0.746. The van der Waals surface area contributed by atoms with Crippen molar-refractivity contribution in [3.05, 3.63) is 46.2 Å². The number of halogens is 1. The third-order valence-electron chi connectivity index (χ3n) is 2.48. The van der Waals surface area contributed by atoms with Crippen molar-refractivity contribution in [2.45, 2.75) is 20.8 Å². The molecule has 1 aromatic heterocycles. The number of aryl methyl sites for hydroxylation is 2. The third kappa shape index (κ3) is 1.77. The first-order valence-electron chi connectivity index (χ1n) is 4.88. The molecule has 1 heterocycles. The van der Waals surface area contributed by atoms with E-state index in [1.807, 2.05) is 30.7 Å². The van der Waals surface area contributed by atoms with Gasteiger partial charge in [0.05, 0.1) is 22.1 Å². The quantitative estimate of drug-likeness (QED) is 0.720. The van der Waals surface area contributed by atoms with Crippen molar-refractivity contribution < 1.29 is 0 Å². The molecule has 2 aromatic rings. The monoisotopic (exact) mass is 220 g/mol. The molecule has 0 radical (unpaired) electrons. The summed E-state index contributed by atoms with van der Waals surface area (Å²) in [6.45, 7) is 5.96. The van der Waals surface area contributed by atoms with Crippen LogP contribution in [0.5, 0.6) is 0 Å². The van der Waals surface area contributed by atoms with Gasteiger partial charge >= 0.3 is 0 Å². The Bertz CT molecular complexity index is 483. The molecule has 0 aliphatic carbocycles. The lowest BCUT2D eigenvalue weighted by Gasteiger charge is -2.04. The van der Waals surface area contributed by atoms with Gasteiger partial charge in [-0.15, -0.1) is 0 Å².